The van der Waals surface area contributed by atoms with Crippen LogP contribution >= 0.6 is 0 Å². The van der Waals surface area contributed by atoms with Gasteiger partial charge in [-0.25, -0.2) is 0 Å². The van der Waals surface area contributed by atoms with Crippen LogP contribution < -0.4 is 4.74 Å². The molecule has 0 aliphatic heterocycles. The predicted octanol–water partition coefficient (Wildman–Crippen LogP) is 4.07. The van der Waals surface area contributed by atoms with Gasteiger partial charge in [-0.1, -0.05) is 36.4 Å². The van der Waals surface area contributed by atoms with Crippen LogP contribution in [0.25, 0.3) is 0 Å². The van der Waals surface area contributed by atoms with Gasteiger partial charge in [0.05, 0.1) is 12.7 Å². The molecule has 0 saturated carbocycles. The number of benzene rings is 2. The van der Waals surface area contributed by atoms with Gasteiger partial charge in [-0.05, 0) is 60.9 Å². The van der Waals surface area contributed by atoms with Gasteiger partial charge in [-0.2, -0.15) is 0 Å². The number of hydrogen-bond acceptors (Lipinski definition) is 2. The van der Waals surface area contributed by atoms with Crippen molar-refractivity contribution in [2.45, 2.75) is 38.2 Å². The molecule has 0 amide bonds. The van der Waals surface area contributed by atoms with Gasteiger partial charge >= 0.3 is 0 Å². The molecule has 2 heteroatoms. The number of ether oxygens (including phenoxy) is 1. The zero-order valence-corrected chi connectivity index (χ0v) is 12.3. The van der Waals surface area contributed by atoms with Crippen LogP contribution in [-0.4, -0.2) is 11.7 Å². The second-order valence-electron chi connectivity index (χ2n) is 5.71. The highest BCUT2D eigenvalue weighted by Crippen LogP contribution is 2.33. The Morgan fingerprint density at radius 3 is 2.76 bits per heavy atom. The second-order valence-corrected chi connectivity index (χ2v) is 5.71. The van der Waals surface area contributed by atoms with E-state index in [4.69, 9.17) is 4.74 Å². The van der Waals surface area contributed by atoms with E-state index in [2.05, 4.69) is 36.4 Å². The summed E-state index contributed by atoms with van der Waals surface area (Å²) in [5.74, 6) is 0.933. The summed E-state index contributed by atoms with van der Waals surface area (Å²) in [6.45, 7) is 0.758. The number of aryl methyl sites for hydroxylation is 2. The smallest absolute Gasteiger partial charge is 0.119 e. The second kappa shape index (κ2) is 6.77. The SMILES string of the molecule is O[C@H]1CCc2cc(OCCCCc3ccccc3)ccc21. The van der Waals surface area contributed by atoms with E-state index in [0.717, 1.165) is 50.0 Å². The third kappa shape index (κ3) is 3.64. The number of aliphatic hydroxyl groups is 1. The maximum Gasteiger partial charge on any atom is 0.119 e. The lowest BCUT2D eigenvalue weighted by atomic mass is 10.1. The molecule has 0 bridgehead atoms. The van der Waals surface area contributed by atoms with Gasteiger partial charge in [-0.15, -0.1) is 0 Å². The summed E-state index contributed by atoms with van der Waals surface area (Å²) in [5.41, 5.74) is 3.71. The van der Waals surface area contributed by atoms with E-state index in [9.17, 15) is 5.11 Å². The van der Waals surface area contributed by atoms with Crippen LogP contribution in [0.5, 0.6) is 5.75 Å². The van der Waals surface area contributed by atoms with Gasteiger partial charge in [-0.3, -0.25) is 0 Å². The fourth-order valence-corrected chi connectivity index (χ4v) is 2.93. The quantitative estimate of drug-likeness (QED) is 0.809. The van der Waals surface area contributed by atoms with Crippen molar-refractivity contribution in [1.82, 2.24) is 0 Å². The summed E-state index contributed by atoms with van der Waals surface area (Å²) in [7, 11) is 0. The first-order valence-corrected chi connectivity index (χ1v) is 7.80. The summed E-state index contributed by atoms with van der Waals surface area (Å²) in [6, 6.07) is 16.6. The van der Waals surface area contributed by atoms with Gasteiger partial charge in [0.2, 0.25) is 0 Å². The third-order valence-corrected chi connectivity index (χ3v) is 4.13. The number of aliphatic hydroxyl groups excluding tert-OH is 1. The van der Waals surface area contributed by atoms with Crippen molar-refractivity contribution in [3.05, 3.63) is 65.2 Å². The fourth-order valence-electron chi connectivity index (χ4n) is 2.93. The van der Waals surface area contributed by atoms with E-state index in [-0.39, 0.29) is 6.10 Å². The van der Waals surface area contributed by atoms with Crippen LogP contribution in [0.2, 0.25) is 0 Å². The normalized spacial score (nSPS) is 16.7. The van der Waals surface area contributed by atoms with E-state index < -0.39 is 0 Å². The Hall–Kier alpha value is -1.80. The fraction of sp³-hybridized carbons (Fsp3) is 0.368. The zero-order chi connectivity index (χ0) is 14.5. The first kappa shape index (κ1) is 14.2. The van der Waals surface area contributed by atoms with Crippen molar-refractivity contribution in [2.24, 2.45) is 0 Å². The van der Waals surface area contributed by atoms with Crippen molar-refractivity contribution in [3.63, 3.8) is 0 Å². The molecule has 0 heterocycles. The average Bonchev–Trinajstić information content (AvgIpc) is 2.89. The molecular formula is C19H22O2. The molecule has 2 aromatic carbocycles. The minimum atomic E-state index is -0.278. The maximum absolute atomic E-state index is 9.79. The summed E-state index contributed by atoms with van der Waals surface area (Å²) in [4.78, 5) is 0. The van der Waals surface area contributed by atoms with Crippen LogP contribution in [0.3, 0.4) is 0 Å². The summed E-state index contributed by atoms with van der Waals surface area (Å²) >= 11 is 0. The molecule has 0 unspecified atom stereocenters. The van der Waals surface area contributed by atoms with Crippen molar-refractivity contribution < 1.29 is 9.84 Å². The zero-order valence-electron chi connectivity index (χ0n) is 12.3. The third-order valence-electron chi connectivity index (χ3n) is 4.13. The molecule has 1 aliphatic carbocycles. The molecule has 1 atom stereocenters. The monoisotopic (exact) mass is 282 g/mol. The van der Waals surface area contributed by atoms with E-state index >= 15 is 0 Å². The summed E-state index contributed by atoms with van der Waals surface area (Å²) in [6.07, 6.45) is 4.85. The van der Waals surface area contributed by atoms with Crippen LogP contribution in [0.4, 0.5) is 0 Å². The van der Waals surface area contributed by atoms with Crippen molar-refractivity contribution in [2.75, 3.05) is 6.61 Å². The minimum Gasteiger partial charge on any atom is -0.494 e. The summed E-state index contributed by atoms with van der Waals surface area (Å²) < 4.78 is 5.82. The van der Waals surface area contributed by atoms with E-state index in [0.29, 0.717) is 0 Å². The molecular weight excluding hydrogens is 260 g/mol. The van der Waals surface area contributed by atoms with E-state index in [1.165, 1.54) is 11.1 Å². The van der Waals surface area contributed by atoms with Gasteiger partial charge in [0.1, 0.15) is 5.75 Å². The highest BCUT2D eigenvalue weighted by molar-refractivity contribution is 5.39. The number of rotatable bonds is 6. The standard InChI is InChI=1S/C19H22O2/c20-19-12-9-16-14-17(10-11-18(16)19)21-13-5-4-8-15-6-2-1-3-7-15/h1-3,6-7,10-11,14,19-20H,4-5,8-9,12-13H2/t19-/m0/s1. The molecule has 1 N–H and O–H groups in total. The van der Waals surface area contributed by atoms with Gasteiger partial charge in [0.25, 0.3) is 0 Å². The Morgan fingerprint density at radius 2 is 1.90 bits per heavy atom. The predicted molar refractivity (Wildman–Crippen MR) is 84.6 cm³/mol. The Kier molecular flexibility index (Phi) is 4.56. The van der Waals surface area contributed by atoms with Gasteiger partial charge in [0.15, 0.2) is 0 Å². The lowest BCUT2D eigenvalue weighted by Crippen LogP contribution is -1.99. The molecule has 1 aliphatic rings. The lowest BCUT2D eigenvalue weighted by Gasteiger charge is -2.09. The number of hydrogen-bond donors (Lipinski definition) is 1. The topological polar surface area (TPSA) is 29.5 Å². The van der Waals surface area contributed by atoms with Crippen LogP contribution in [-0.2, 0) is 12.8 Å². The van der Waals surface area contributed by atoms with Crippen molar-refractivity contribution in [1.29, 1.82) is 0 Å². The van der Waals surface area contributed by atoms with Gasteiger partial charge < -0.3 is 9.84 Å². The number of unbranched alkanes of at least 4 members (excludes halogenated alkanes) is 1. The largest absolute Gasteiger partial charge is 0.494 e. The molecule has 0 spiro atoms. The Labute approximate surface area is 126 Å². The highest BCUT2D eigenvalue weighted by Gasteiger charge is 2.20. The molecule has 110 valence electrons. The summed E-state index contributed by atoms with van der Waals surface area (Å²) in [5, 5.41) is 9.79. The van der Waals surface area contributed by atoms with E-state index in [1.807, 2.05) is 12.1 Å². The van der Waals surface area contributed by atoms with Crippen molar-refractivity contribution >= 4 is 0 Å². The first-order valence-electron chi connectivity index (χ1n) is 7.80. The molecule has 0 saturated heterocycles. The molecule has 21 heavy (non-hydrogen) atoms. The van der Waals surface area contributed by atoms with Crippen LogP contribution in [0, 0.1) is 0 Å². The molecule has 3 rings (SSSR count). The lowest BCUT2D eigenvalue weighted by molar-refractivity contribution is 0.180. The molecule has 2 aromatic rings. The molecule has 0 radical (unpaired) electrons. The maximum atomic E-state index is 9.79. The van der Waals surface area contributed by atoms with E-state index in [1.54, 1.807) is 0 Å². The average molecular weight is 282 g/mol. The molecule has 2 nitrogen and oxygen atoms in total. The Bertz CT molecular complexity index is 577. The highest BCUT2D eigenvalue weighted by atomic mass is 16.5. The van der Waals surface area contributed by atoms with Crippen molar-refractivity contribution in [3.8, 4) is 5.75 Å². The van der Waals surface area contributed by atoms with Gasteiger partial charge in [0, 0.05) is 0 Å². The molecule has 0 fully saturated rings. The first-order chi connectivity index (χ1) is 10.3. The molecule has 0 aromatic heterocycles. The Balaban J connectivity index is 1.42. The number of fused-ring (bicyclic) bond motifs is 1. The Morgan fingerprint density at radius 1 is 1.05 bits per heavy atom. The van der Waals surface area contributed by atoms with Crippen LogP contribution in [0.1, 0.15) is 42.1 Å². The van der Waals surface area contributed by atoms with Crippen LogP contribution in [0.15, 0.2) is 48.5 Å². The minimum absolute atomic E-state index is 0.278.